The Morgan fingerprint density at radius 2 is 0.562 bits per heavy atom. The van der Waals surface area contributed by atoms with Gasteiger partial charge in [0.05, 0.1) is 0 Å². The Kier molecular flexibility index (Phi) is 30.6. The molecule has 0 radical (unpaired) electrons. The van der Waals surface area contributed by atoms with E-state index in [0.29, 0.717) is 0 Å². The van der Waals surface area contributed by atoms with E-state index in [4.69, 9.17) is 15.0 Å². The maximum atomic E-state index is 4.82. The first-order valence-electron chi connectivity index (χ1n) is 46.7. The van der Waals surface area contributed by atoms with E-state index in [1.165, 1.54) is 43.8 Å². The summed E-state index contributed by atoms with van der Waals surface area (Å²) in [5.74, 6) is 7.20. The molecule has 0 aliphatic heterocycles. The third-order valence-corrected chi connectivity index (χ3v) is 25.6. The summed E-state index contributed by atoms with van der Waals surface area (Å²) in [7, 11) is 8.09. The molecule has 712 valence electrons. The molecule has 24 aromatic rings. The number of rotatable bonds is 16. The van der Waals surface area contributed by atoms with Crippen LogP contribution in [0.2, 0.25) is 0 Å². The van der Waals surface area contributed by atoms with Crippen LogP contribution in [0, 0.1) is 104 Å². The summed E-state index contributed by atoms with van der Waals surface area (Å²) in [5, 5.41) is 9.40. The topological polar surface area (TPSA) is 136 Å². The predicted octanol–water partition coefficient (Wildman–Crippen LogP) is 28.9. The predicted molar refractivity (Wildman–Crippen MR) is 574 cm³/mol. The minimum absolute atomic E-state index is 0. The smallest absolute Gasteiger partial charge is 0.348 e. The molecular formula is C124H96N16Pt4. The standard InChI is InChI=1S/4C31H24N4.4Pt/c1-21-15-17-32-30(18-21)35-28-12-5-4-11-26(28)27-14-13-24(20-29(27)35)23-9-6-10-25(19-23)34(3)31-22(2)8-7-16-33-31;1-21-15-17-32-30(18-21)34(3)25-10-6-9-23(19-25)24-13-14-27-26-11-4-5-12-28(26)35(29(27)20-24)31-22(2)8-7-16-33-31;1-21-16-17-32-31(18-21)34(3)25-10-7-9-23(19-25)24-14-15-27-26-11-4-5-12-28(26)35(29(27)20-24)30-13-6-8-22(2)33-30;1-21-15-16-32-31(17-21)34(3)25-8-6-7-23(18-25)24-12-13-27-26-9-4-5-10-28(26)35(29(27)19-24)30-14-11-22(2)20-33-30;;;;/h3*4-18H,1-3H3;4-17,20H,1-3H3;;;;/q4*-2;4*+2. The molecule has 0 spiro atoms. The molecule has 24 rings (SSSR count). The number of anilines is 8. The number of aromatic nitrogens is 12. The number of benzene rings is 12. The molecule has 0 saturated heterocycles. The zero-order chi connectivity index (χ0) is 95.8. The van der Waals surface area contributed by atoms with Gasteiger partial charge in [-0.3, -0.25) is 0 Å². The van der Waals surface area contributed by atoms with Crippen molar-refractivity contribution in [1.82, 2.24) is 58.1 Å². The second-order valence-corrected chi connectivity index (χ2v) is 35.4. The summed E-state index contributed by atoms with van der Waals surface area (Å²) in [4.78, 5) is 45.3. The monoisotopic (exact) mass is 2590 g/mol. The van der Waals surface area contributed by atoms with Crippen LogP contribution in [0.25, 0.3) is 155 Å². The van der Waals surface area contributed by atoms with Gasteiger partial charge in [0.25, 0.3) is 0 Å². The average Bonchev–Trinajstić information content (AvgIpc) is 1.61. The van der Waals surface area contributed by atoms with Crippen molar-refractivity contribution in [3.05, 3.63) is 458 Å². The molecular weight excluding hydrogens is 2490 g/mol. The van der Waals surface area contributed by atoms with Gasteiger partial charge < -0.3 is 37.9 Å². The van der Waals surface area contributed by atoms with E-state index in [1.807, 2.05) is 121 Å². The molecule has 0 bridgehead atoms. The van der Waals surface area contributed by atoms with Crippen molar-refractivity contribution in [2.45, 2.75) is 55.4 Å². The van der Waals surface area contributed by atoms with Gasteiger partial charge in [-0.1, -0.05) is 141 Å². The average molecular weight is 2590 g/mol. The second-order valence-electron chi connectivity index (χ2n) is 35.4. The number of hydrogen-bond acceptors (Lipinski definition) is 12. The zero-order valence-electron chi connectivity index (χ0n) is 81.1. The Morgan fingerprint density at radius 3 is 0.938 bits per heavy atom. The molecule has 0 N–H and O–H groups in total. The van der Waals surface area contributed by atoms with Gasteiger partial charge in [0.2, 0.25) is 0 Å². The Balaban J connectivity index is 0.000000130. The minimum Gasteiger partial charge on any atom is -0.348 e. The van der Waals surface area contributed by atoms with Crippen LogP contribution in [0.5, 0.6) is 0 Å². The molecule has 12 heterocycles. The van der Waals surface area contributed by atoms with Crippen molar-refractivity contribution in [2.24, 2.45) is 0 Å². The van der Waals surface area contributed by atoms with Gasteiger partial charge in [-0.25, -0.2) is 84.4 Å². The molecule has 0 aliphatic rings. The fourth-order valence-corrected chi connectivity index (χ4v) is 18.4. The summed E-state index contributed by atoms with van der Waals surface area (Å²) < 4.78 is 8.82. The summed E-state index contributed by atoms with van der Waals surface area (Å²) in [6.45, 7) is 16.6. The number of pyridine rings is 8. The van der Waals surface area contributed by atoms with Crippen LogP contribution < -0.4 is 19.6 Å². The van der Waals surface area contributed by atoms with Crippen molar-refractivity contribution >= 4 is 133 Å². The Bertz CT molecular complexity index is 8830. The summed E-state index contributed by atoms with van der Waals surface area (Å²) in [6.07, 6.45) is 13.0. The third kappa shape index (κ3) is 20.3. The molecule has 0 aliphatic carbocycles. The Labute approximate surface area is 896 Å². The van der Waals surface area contributed by atoms with Gasteiger partial charge in [-0.15, -0.1) is 48.5 Å². The number of hydrogen-bond donors (Lipinski definition) is 0. The minimum atomic E-state index is 0. The maximum Gasteiger partial charge on any atom is 2.00 e. The quantitative estimate of drug-likeness (QED) is 0.0852. The van der Waals surface area contributed by atoms with Crippen LogP contribution in [0.4, 0.5) is 46.0 Å². The van der Waals surface area contributed by atoms with E-state index in [2.05, 4.69) is 439 Å². The van der Waals surface area contributed by atoms with E-state index in [0.717, 1.165) is 202 Å². The van der Waals surface area contributed by atoms with Crippen LogP contribution in [0.3, 0.4) is 0 Å². The normalized spacial score (nSPS) is 11.0. The summed E-state index contributed by atoms with van der Waals surface area (Å²) in [6, 6.07) is 140. The molecule has 0 unspecified atom stereocenters. The molecule has 0 amide bonds. The first kappa shape index (κ1) is 101. The molecule has 0 fully saturated rings. The summed E-state index contributed by atoms with van der Waals surface area (Å²) >= 11 is 0. The fourth-order valence-electron chi connectivity index (χ4n) is 18.4. The van der Waals surface area contributed by atoms with Crippen molar-refractivity contribution in [2.75, 3.05) is 47.8 Å². The van der Waals surface area contributed by atoms with Crippen LogP contribution in [-0.4, -0.2) is 86.3 Å². The van der Waals surface area contributed by atoms with E-state index in [9.17, 15) is 0 Å². The van der Waals surface area contributed by atoms with Gasteiger partial charge in [-0.2, -0.15) is 121 Å². The largest absolute Gasteiger partial charge is 2.00 e. The molecule has 0 saturated carbocycles. The van der Waals surface area contributed by atoms with Crippen molar-refractivity contribution in [3.8, 4) is 67.8 Å². The number of aryl methyl sites for hydroxylation is 8. The Hall–Kier alpha value is -15.0. The van der Waals surface area contributed by atoms with E-state index in [-0.39, 0.29) is 84.3 Å². The van der Waals surface area contributed by atoms with Crippen molar-refractivity contribution in [1.29, 1.82) is 0 Å². The number of nitrogens with zero attached hydrogens (tertiary/aromatic N) is 16. The number of fused-ring (bicyclic) bond motifs is 12. The molecule has 144 heavy (non-hydrogen) atoms. The maximum absolute atomic E-state index is 4.82. The van der Waals surface area contributed by atoms with Crippen LogP contribution >= 0.6 is 0 Å². The molecule has 20 heteroatoms. The van der Waals surface area contributed by atoms with Crippen molar-refractivity contribution in [3.63, 3.8) is 0 Å². The molecule has 12 aromatic carbocycles. The van der Waals surface area contributed by atoms with Crippen molar-refractivity contribution < 1.29 is 84.3 Å². The van der Waals surface area contributed by atoms with Gasteiger partial charge in [0.15, 0.2) is 0 Å². The molecule has 12 aromatic heterocycles. The first-order chi connectivity index (χ1) is 68.4. The van der Waals surface area contributed by atoms with Gasteiger partial charge in [0, 0.05) is 99.3 Å². The zero-order valence-corrected chi connectivity index (χ0v) is 90.2. The van der Waals surface area contributed by atoms with Crippen LogP contribution in [0.15, 0.2) is 365 Å². The SMILES string of the molecule is Cc1ccc(-n2c3[c-]c(-c4[c-]c(N(C)c5cc(C)ccn5)ccc4)ccc3c3ccccc32)nc1.Cc1ccnc(-n2c3[c-]c(-c4[c-]c(N(C)c5ncccc5C)ccc4)ccc3c3ccccc32)c1.Cc1ccnc(N(C)c2[c-]c(-c3[c-]c4c(cc3)c3ccccc3n4-c3cccc(C)n3)ccc2)c1.Cc1ccnc(N(C)c2[c-]c(-c3[c-]c4c(cc3)c3ccccc3n4-c3ncccc3C)ccc2)c1.[Pt+2].[Pt+2].[Pt+2].[Pt+2]. The Morgan fingerprint density at radius 1 is 0.222 bits per heavy atom. The number of para-hydroxylation sites is 4. The first-order valence-corrected chi connectivity index (χ1v) is 46.7. The third-order valence-electron chi connectivity index (χ3n) is 25.6. The van der Waals surface area contributed by atoms with E-state index < -0.39 is 0 Å². The second kappa shape index (κ2) is 43.8. The molecule has 16 nitrogen and oxygen atoms in total. The fraction of sp³-hybridized carbons (Fsp3) is 0.0968. The van der Waals surface area contributed by atoms with Gasteiger partial charge in [-0.05, 0) is 241 Å². The van der Waals surface area contributed by atoms with Gasteiger partial charge in [0.1, 0.15) is 46.5 Å². The van der Waals surface area contributed by atoms with Crippen LogP contribution in [0.1, 0.15) is 44.6 Å². The van der Waals surface area contributed by atoms with E-state index >= 15 is 0 Å². The van der Waals surface area contributed by atoms with Gasteiger partial charge >= 0.3 is 84.3 Å². The summed E-state index contributed by atoms with van der Waals surface area (Å²) in [5.41, 5.74) is 29.3. The molecule has 0 atom stereocenters. The van der Waals surface area contributed by atoms with E-state index in [1.54, 1.807) is 0 Å². The van der Waals surface area contributed by atoms with Crippen LogP contribution in [-0.2, 0) is 84.3 Å².